The molecule has 0 aromatic rings. The lowest BCUT2D eigenvalue weighted by atomic mass is 10.5. The first-order valence-electron chi connectivity index (χ1n) is 2.55. The zero-order chi connectivity index (χ0) is 6.57. The molecule has 0 radical (unpaired) electrons. The molecule has 0 spiro atoms. The summed E-state index contributed by atoms with van der Waals surface area (Å²) >= 11 is 0. The van der Waals surface area contributed by atoms with Crippen molar-refractivity contribution < 1.29 is 0 Å². The summed E-state index contributed by atoms with van der Waals surface area (Å²) in [6, 6.07) is 0. The molecular weight excluding hydrogens is 100 g/mol. The van der Waals surface area contributed by atoms with Crippen LogP contribution in [0.4, 0.5) is 0 Å². The molecule has 0 aromatic heterocycles. The van der Waals surface area contributed by atoms with E-state index in [1.165, 1.54) is 0 Å². The summed E-state index contributed by atoms with van der Waals surface area (Å²) in [4.78, 5) is 4.01. The highest BCUT2D eigenvalue weighted by Gasteiger charge is 1.79. The number of rotatable bonds is 2. The molecule has 0 rings (SSSR count). The molecular formula is C6H12N2. The van der Waals surface area contributed by atoms with Gasteiger partial charge in [-0.05, 0) is 13.8 Å². The zero-order valence-corrected chi connectivity index (χ0v) is 5.65. The highest BCUT2D eigenvalue weighted by Crippen LogP contribution is 1.84. The molecule has 0 aliphatic rings. The Morgan fingerprint density at radius 2 is 2.00 bits per heavy atom. The zero-order valence-electron chi connectivity index (χ0n) is 5.65. The van der Waals surface area contributed by atoms with Gasteiger partial charge in [0.25, 0.3) is 0 Å². The summed E-state index contributed by atoms with van der Waals surface area (Å²) in [6.07, 6.45) is 0. The molecule has 1 N–H and O–H groups in total. The summed E-state index contributed by atoms with van der Waals surface area (Å²) in [6.45, 7) is 7.48. The van der Waals surface area contributed by atoms with Crippen LogP contribution in [0.15, 0.2) is 17.4 Å². The molecule has 0 unspecified atom stereocenters. The van der Waals surface area contributed by atoms with Crippen molar-refractivity contribution >= 4 is 5.71 Å². The SMILES string of the molecule is C=C(N=C(C)C)NC. The Labute approximate surface area is 50.3 Å². The molecule has 0 bridgehead atoms. The fourth-order valence-electron chi connectivity index (χ4n) is 0.326. The summed E-state index contributed by atoms with van der Waals surface area (Å²) in [7, 11) is 1.80. The van der Waals surface area contributed by atoms with Gasteiger partial charge in [-0.1, -0.05) is 6.58 Å². The Morgan fingerprint density at radius 3 is 2.12 bits per heavy atom. The van der Waals surface area contributed by atoms with Crippen LogP contribution in [-0.4, -0.2) is 12.8 Å². The number of hydrogen-bond acceptors (Lipinski definition) is 2. The topological polar surface area (TPSA) is 24.4 Å². The van der Waals surface area contributed by atoms with E-state index in [-0.39, 0.29) is 0 Å². The maximum atomic E-state index is 4.01. The van der Waals surface area contributed by atoms with E-state index in [1.54, 1.807) is 7.05 Å². The average molecular weight is 112 g/mol. The van der Waals surface area contributed by atoms with Gasteiger partial charge in [0.15, 0.2) is 0 Å². The van der Waals surface area contributed by atoms with Crippen molar-refractivity contribution in [1.29, 1.82) is 0 Å². The van der Waals surface area contributed by atoms with Gasteiger partial charge in [-0.3, -0.25) is 0 Å². The molecule has 2 nitrogen and oxygen atoms in total. The molecule has 8 heavy (non-hydrogen) atoms. The quantitative estimate of drug-likeness (QED) is 0.532. The van der Waals surface area contributed by atoms with E-state index in [1.807, 2.05) is 13.8 Å². The highest BCUT2D eigenvalue weighted by molar-refractivity contribution is 5.79. The van der Waals surface area contributed by atoms with E-state index in [0.717, 1.165) is 5.71 Å². The lowest BCUT2D eigenvalue weighted by molar-refractivity contribution is 0.972. The molecule has 46 valence electrons. The van der Waals surface area contributed by atoms with Crippen molar-refractivity contribution in [2.45, 2.75) is 13.8 Å². The normalized spacial score (nSPS) is 7.88. The number of nitrogens with one attached hydrogen (secondary N) is 1. The maximum absolute atomic E-state index is 4.01. The van der Waals surface area contributed by atoms with Crippen molar-refractivity contribution in [3.63, 3.8) is 0 Å². The maximum Gasteiger partial charge on any atom is 0.118 e. The largest absolute Gasteiger partial charge is 0.374 e. The van der Waals surface area contributed by atoms with Crippen LogP contribution in [0.5, 0.6) is 0 Å². The smallest absolute Gasteiger partial charge is 0.118 e. The van der Waals surface area contributed by atoms with Gasteiger partial charge in [-0.25, -0.2) is 4.99 Å². The van der Waals surface area contributed by atoms with E-state index in [9.17, 15) is 0 Å². The standard InChI is InChI=1S/C6H12N2/c1-5(2)8-6(3)7-4/h7H,3H2,1-2,4H3. The van der Waals surface area contributed by atoms with Crippen molar-refractivity contribution in [3.05, 3.63) is 12.4 Å². The van der Waals surface area contributed by atoms with Gasteiger partial charge in [-0.2, -0.15) is 0 Å². The molecule has 0 fully saturated rings. The third kappa shape index (κ3) is 3.40. The Morgan fingerprint density at radius 1 is 1.50 bits per heavy atom. The van der Waals surface area contributed by atoms with Crippen LogP contribution in [0.3, 0.4) is 0 Å². The van der Waals surface area contributed by atoms with Gasteiger partial charge < -0.3 is 5.32 Å². The Kier molecular flexibility index (Phi) is 2.92. The molecule has 2 heteroatoms. The van der Waals surface area contributed by atoms with Crippen LogP contribution in [-0.2, 0) is 0 Å². The molecule has 0 amide bonds. The molecule has 0 aliphatic carbocycles. The Hall–Kier alpha value is -0.790. The van der Waals surface area contributed by atoms with Gasteiger partial charge in [0.2, 0.25) is 0 Å². The minimum Gasteiger partial charge on any atom is -0.374 e. The second-order valence-corrected chi connectivity index (χ2v) is 1.76. The second kappa shape index (κ2) is 3.24. The van der Waals surface area contributed by atoms with E-state index >= 15 is 0 Å². The van der Waals surface area contributed by atoms with Crippen LogP contribution in [0.2, 0.25) is 0 Å². The van der Waals surface area contributed by atoms with Gasteiger partial charge in [0, 0.05) is 12.8 Å². The molecule has 0 saturated carbocycles. The Bertz CT molecular complexity index is 110. The fraction of sp³-hybridized carbons (Fsp3) is 0.500. The van der Waals surface area contributed by atoms with Crippen molar-refractivity contribution in [1.82, 2.24) is 5.32 Å². The van der Waals surface area contributed by atoms with Crippen LogP contribution in [0, 0.1) is 0 Å². The molecule has 0 atom stereocenters. The van der Waals surface area contributed by atoms with Crippen molar-refractivity contribution in [3.8, 4) is 0 Å². The Balaban J connectivity index is 3.70. The first kappa shape index (κ1) is 7.21. The van der Waals surface area contributed by atoms with Crippen LogP contribution >= 0.6 is 0 Å². The van der Waals surface area contributed by atoms with E-state index in [4.69, 9.17) is 0 Å². The first-order valence-corrected chi connectivity index (χ1v) is 2.55. The summed E-state index contributed by atoms with van der Waals surface area (Å²) < 4.78 is 0. The first-order chi connectivity index (χ1) is 3.66. The summed E-state index contributed by atoms with van der Waals surface area (Å²) in [5, 5.41) is 2.81. The molecule has 0 aromatic carbocycles. The minimum absolute atomic E-state index is 0.713. The van der Waals surface area contributed by atoms with Crippen LogP contribution in [0.1, 0.15) is 13.8 Å². The number of aliphatic imine (C=N–C) groups is 1. The molecule has 0 heterocycles. The van der Waals surface area contributed by atoms with Gasteiger partial charge in [0.1, 0.15) is 5.82 Å². The average Bonchev–Trinajstić information content (AvgIpc) is 1.65. The minimum atomic E-state index is 0.713. The van der Waals surface area contributed by atoms with Crippen molar-refractivity contribution in [2.75, 3.05) is 7.05 Å². The van der Waals surface area contributed by atoms with E-state index in [2.05, 4.69) is 16.9 Å². The predicted octanol–water partition coefficient (Wildman–Crippen LogP) is 1.16. The second-order valence-electron chi connectivity index (χ2n) is 1.76. The van der Waals surface area contributed by atoms with Gasteiger partial charge in [-0.15, -0.1) is 0 Å². The van der Waals surface area contributed by atoms with Gasteiger partial charge >= 0.3 is 0 Å². The predicted molar refractivity (Wildman–Crippen MR) is 37.0 cm³/mol. The fourth-order valence-corrected chi connectivity index (χ4v) is 0.326. The lowest BCUT2D eigenvalue weighted by Gasteiger charge is -1.95. The molecule has 0 saturated heterocycles. The highest BCUT2D eigenvalue weighted by atomic mass is 15.0. The third-order valence-electron chi connectivity index (χ3n) is 0.647. The van der Waals surface area contributed by atoms with E-state index in [0.29, 0.717) is 5.82 Å². The third-order valence-corrected chi connectivity index (χ3v) is 0.647. The van der Waals surface area contributed by atoms with Gasteiger partial charge in [0.05, 0.1) is 0 Å². The monoisotopic (exact) mass is 112 g/mol. The van der Waals surface area contributed by atoms with Crippen LogP contribution < -0.4 is 5.32 Å². The molecule has 0 aliphatic heterocycles. The summed E-state index contributed by atoms with van der Waals surface area (Å²) in [5.74, 6) is 0.713. The lowest BCUT2D eigenvalue weighted by Crippen LogP contribution is -2.02. The number of nitrogens with zero attached hydrogens (tertiary/aromatic N) is 1. The van der Waals surface area contributed by atoms with Crippen molar-refractivity contribution in [2.24, 2.45) is 4.99 Å². The number of hydrogen-bond donors (Lipinski definition) is 1. The summed E-state index contributed by atoms with van der Waals surface area (Å²) in [5.41, 5.74) is 1.02. The van der Waals surface area contributed by atoms with E-state index < -0.39 is 0 Å². The van der Waals surface area contributed by atoms with Crippen LogP contribution in [0.25, 0.3) is 0 Å².